The van der Waals surface area contributed by atoms with Gasteiger partial charge >= 0.3 is 5.97 Å². The van der Waals surface area contributed by atoms with E-state index in [9.17, 15) is 4.79 Å². The van der Waals surface area contributed by atoms with Gasteiger partial charge in [-0.1, -0.05) is 5.16 Å². The summed E-state index contributed by atoms with van der Waals surface area (Å²) >= 11 is 3.28. The standard InChI is InChI=1S/C14H16BrN3O2/c1-18-12-2-3-13(18)6-11(5-12)17-20-14(19)9-4-10(15)8-16-7-9/h4,7-8,12-13H,2-3,5-6H2,1H3/p+1. The normalized spacial score (nSPS) is 28.3. The van der Waals surface area contributed by atoms with E-state index in [0.717, 1.165) is 23.0 Å². The first-order valence-corrected chi connectivity index (χ1v) is 7.63. The third-order valence-corrected chi connectivity index (χ3v) is 4.75. The monoisotopic (exact) mass is 338 g/mol. The van der Waals surface area contributed by atoms with Gasteiger partial charge in [0.15, 0.2) is 0 Å². The largest absolute Gasteiger partial charge is 0.367 e. The quantitative estimate of drug-likeness (QED) is 0.651. The summed E-state index contributed by atoms with van der Waals surface area (Å²) in [7, 11) is 2.25. The number of hydrogen-bond acceptors (Lipinski definition) is 4. The van der Waals surface area contributed by atoms with Gasteiger partial charge in [0, 0.05) is 42.5 Å². The average molecular weight is 339 g/mol. The number of pyridine rings is 1. The van der Waals surface area contributed by atoms with Crippen LogP contribution in [0, 0.1) is 0 Å². The number of halogens is 1. The lowest BCUT2D eigenvalue weighted by Crippen LogP contribution is -3.15. The Hall–Kier alpha value is -1.27. The van der Waals surface area contributed by atoms with Crippen LogP contribution in [-0.2, 0) is 4.84 Å². The minimum Gasteiger partial charge on any atom is -0.332 e. The molecule has 2 fully saturated rings. The third kappa shape index (κ3) is 2.76. The van der Waals surface area contributed by atoms with E-state index in [-0.39, 0.29) is 0 Å². The SMILES string of the molecule is C[NH+]1C2CCC1CC(=NOC(=O)c1cncc(Br)c1)C2. The molecule has 6 heteroatoms. The van der Waals surface area contributed by atoms with E-state index in [4.69, 9.17) is 4.84 Å². The molecular formula is C14H17BrN3O2+. The second-order valence-electron chi connectivity index (χ2n) is 5.55. The summed E-state index contributed by atoms with van der Waals surface area (Å²) in [5, 5.41) is 4.08. The molecule has 0 spiro atoms. The summed E-state index contributed by atoms with van der Waals surface area (Å²) in [5.41, 5.74) is 1.42. The number of carbonyl (C=O) groups excluding carboxylic acids is 1. The van der Waals surface area contributed by atoms with Crippen molar-refractivity contribution in [2.45, 2.75) is 37.8 Å². The van der Waals surface area contributed by atoms with Gasteiger partial charge in [-0.15, -0.1) is 0 Å². The predicted molar refractivity (Wildman–Crippen MR) is 77.7 cm³/mol. The fraction of sp³-hybridized carbons (Fsp3) is 0.500. The van der Waals surface area contributed by atoms with Crippen molar-refractivity contribution in [1.29, 1.82) is 0 Å². The van der Waals surface area contributed by atoms with Crippen LogP contribution in [0.4, 0.5) is 0 Å². The summed E-state index contributed by atoms with van der Waals surface area (Å²) in [5.74, 6) is -0.454. The zero-order valence-electron chi connectivity index (χ0n) is 11.3. The number of nitrogens with one attached hydrogen (secondary N) is 1. The summed E-state index contributed by atoms with van der Waals surface area (Å²) < 4.78 is 0.750. The minimum atomic E-state index is -0.454. The highest BCUT2D eigenvalue weighted by atomic mass is 79.9. The van der Waals surface area contributed by atoms with Gasteiger partial charge in [-0.3, -0.25) is 4.98 Å². The maximum atomic E-state index is 11.9. The van der Waals surface area contributed by atoms with E-state index < -0.39 is 5.97 Å². The fourth-order valence-electron chi connectivity index (χ4n) is 3.13. The maximum absolute atomic E-state index is 11.9. The highest BCUT2D eigenvalue weighted by Crippen LogP contribution is 2.20. The first kappa shape index (κ1) is 13.7. The van der Waals surface area contributed by atoms with E-state index in [0.29, 0.717) is 17.6 Å². The van der Waals surface area contributed by atoms with Gasteiger partial charge < -0.3 is 9.74 Å². The number of fused-ring (bicyclic) bond motifs is 2. The van der Waals surface area contributed by atoms with Crippen LogP contribution in [0.2, 0.25) is 0 Å². The molecule has 2 aliphatic heterocycles. The van der Waals surface area contributed by atoms with Crippen LogP contribution in [0.25, 0.3) is 0 Å². The molecule has 0 amide bonds. The lowest BCUT2D eigenvalue weighted by Gasteiger charge is -2.28. The van der Waals surface area contributed by atoms with E-state index >= 15 is 0 Å². The number of aromatic nitrogens is 1. The molecular weight excluding hydrogens is 322 g/mol. The Balaban J connectivity index is 1.64. The summed E-state index contributed by atoms with van der Waals surface area (Å²) in [4.78, 5) is 22.5. The summed E-state index contributed by atoms with van der Waals surface area (Å²) in [6, 6.07) is 2.95. The van der Waals surface area contributed by atoms with E-state index in [1.807, 2.05) is 0 Å². The maximum Gasteiger partial charge on any atom is 0.367 e. The molecule has 5 nitrogen and oxygen atoms in total. The van der Waals surface area contributed by atoms with E-state index in [1.165, 1.54) is 19.0 Å². The Morgan fingerprint density at radius 2 is 2.10 bits per heavy atom. The molecule has 2 aliphatic rings. The average Bonchev–Trinajstić information content (AvgIpc) is 2.66. The van der Waals surface area contributed by atoms with Crippen molar-refractivity contribution in [3.8, 4) is 0 Å². The minimum absolute atomic E-state index is 0.408. The molecule has 3 heterocycles. The topological polar surface area (TPSA) is 56.0 Å². The van der Waals surface area contributed by atoms with Gasteiger partial charge in [0.2, 0.25) is 0 Å². The van der Waals surface area contributed by atoms with Crippen molar-refractivity contribution in [2.24, 2.45) is 5.16 Å². The number of nitrogens with zero attached hydrogens (tertiary/aromatic N) is 2. The Bertz CT molecular complexity index is 545. The second kappa shape index (κ2) is 5.61. The van der Waals surface area contributed by atoms with Crippen molar-refractivity contribution in [2.75, 3.05) is 7.05 Å². The number of carbonyl (C=O) groups is 1. The molecule has 2 atom stereocenters. The summed E-state index contributed by atoms with van der Waals surface area (Å²) in [6.07, 6.45) is 7.48. The molecule has 106 valence electrons. The second-order valence-corrected chi connectivity index (χ2v) is 6.47. The molecule has 3 rings (SSSR count). The Labute approximate surface area is 126 Å². The number of piperidine rings is 1. The van der Waals surface area contributed by atoms with Crippen LogP contribution in [-0.4, -0.2) is 35.8 Å². The van der Waals surface area contributed by atoms with Gasteiger partial charge in [0.25, 0.3) is 0 Å². The molecule has 2 unspecified atom stereocenters. The Morgan fingerprint density at radius 1 is 1.40 bits per heavy atom. The van der Waals surface area contributed by atoms with Gasteiger partial charge in [0.1, 0.15) is 0 Å². The molecule has 20 heavy (non-hydrogen) atoms. The molecule has 2 bridgehead atoms. The number of quaternary nitrogens is 1. The van der Waals surface area contributed by atoms with Crippen molar-refractivity contribution >= 4 is 27.6 Å². The van der Waals surface area contributed by atoms with Crippen LogP contribution < -0.4 is 4.90 Å². The van der Waals surface area contributed by atoms with E-state index in [2.05, 4.69) is 33.1 Å². The van der Waals surface area contributed by atoms with Crippen molar-refractivity contribution in [3.05, 3.63) is 28.5 Å². The van der Waals surface area contributed by atoms with Gasteiger partial charge in [-0.25, -0.2) is 4.79 Å². The number of rotatable bonds is 2. The number of hydrogen-bond donors (Lipinski definition) is 1. The molecule has 1 aromatic rings. The molecule has 0 saturated carbocycles. The molecule has 1 N–H and O–H groups in total. The van der Waals surface area contributed by atoms with Gasteiger partial charge in [-0.2, -0.15) is 0 Å². The van der Waals surface area contributed by atoms with Crippen LogP contribution in [0.3, 0.4) is 0 Å². The third-order valence-electron chi connectivity index (χ3n) is 4.31. The highest BCUT2D eigenvalue weighted by molar-refractivity contribution is 9.10. The first-order chi connectivity index (χ1) is 9.63. The molecule has 1 aromatic heterocycles. The van der Waals surface area contributed by atoms with Gasteiger partial charge in [0.05, 0.1) is 30.4 Å². The van der Waals surface area contributed by atoms with E-state index in [1.54, 1.807) is 17.2 Å². The van der Waals surface area contributed by atoms with Crippen molar-refractivity contribution < 1.29 is 14.5 Å². The highest BCUT2D eigenvalue weighted by Gasteiger charge is 2.41. The molecule has 2 saturated heterocycles. The van der Waals surface area contributed by atoms with Crippen molar-refractivity contribution in [3.63, 3.8) is 0 Å². The van der Waals surface area contributed by atoms with Gasteiger partial charge in [-0.05, 0) is 22.0 Å². The van der Waals surface area contributed by atoms with Crippen LogP contribution >= 0.6 is 15.9 Å². The van der Waals surface area contributed by atoms with Crippen LogP contribution in [0.15, 0.2) is 28.1 Å². The zero-order valence-corrected chi connectivity index (χ0v) is 12.9. The van der Waals surface area contributed by atoms with Crippen molar-refractivity contribution in [1.82, 2.24) is 4.98 Å². The Kier molecular flexibility index (Phi) is 3.85. The molecule has 0 radical (unpaired) electrons. The molecule has 0 aromatic carbocycles. The van der Waals surface area contributed by atoms with Crippen LogP contribution in [0.1, 0.15) is 36.0 Å². The fourth-order valence-corrected chi connectivity index (χ4v) is 3.49. The number of oxime groups is 1. The lowest BCUT2D eigenvalue weighted by atomic mass is 10.0. The van der Waals surface area contributed by atoms with Crippen LogP contribution in [0.5, 0.6) is 0 Å². The first-order valence-electron chi connectivity index (χ1n) is 6.84. The zero-order chi connectivity index (χ0) is 14.1. The Morgan fingerprint density at radius 3 is 2.75 bits per heavy atom. The summed E-state index contributed by atoms with van der Waals surface area (Å²) in [6.45, 7) is 0. The predicted octanol–water partition coefficient (Wildman–Crippen LogP) is 1.20. The lowest BCUT2D eigenvalue weighted by molar-refractivity contribution is -0.917. The molecule has 0 aliphatic carbocycles. The smallest absolute Gasteiger partial charge is 0.332 e.